The first-order valence-electron chi connectivity index (χ1n) is 11.2. The van der Waals surface area contributed by atoms with Gasteiger partial charge in [-0.2, -0.15) is 0 Å². The molecule has 2 aliphatic heterocycles. The number of halogens is 1. The van der Waals surface area contributed by atoms with Crippen LogP contribution >= 0.6 is 24.0 Å². The summed E-state index contributed by atoms with van der Waals surface area (Å²) in [5.41, 5.74) is 0.0700. The number of ether oxygens (including phenoxy) is 1. The van der Waals surface area contributed by atoms with Gasteiger partial charge < -0.3 is 20.3 Å². The first-order valence-corrected chi connectivity index (χ1v) is 11.2. The van der Waals surface area contributed by atoms with E-state index in [0.29, 0.717) is 0 Å². The van der Waals surface area contributed by atoms with Gasteiger partial charge in [-0.1, -0.05) is 12.8 Å². The monoisotopic (exact) mass is 509 g/mol. The smallest absolute Gasteiger partial charge is 0.191 e. The molecule has 2 aliphatic rings. The minimum Gasteiger partial charge on any atom is -0.379 e. The molecule has 0 atom stereocenters. The molecule has 0 spiro atoms. The van der Waals surface area contributed by atoms with Crippen molar-refractivity contribution in [2.45, 2.75) is 64.8 Å². The SMILES string of the molecule is CCNC(=NCC(C)(C)N1CCOCC1)NCCCCCN1CCCCC1.I. The van der Waals surface area contributed by atoms with Gasteiger partial charge in [-0.25, -0.2) is 0 Å². The Morgan fingerprint density at radius 2 is 1.68 bits per heavy atom. The highest BCUT2D eigenvalue weighted by Gasteiger charge is 2.28. The predicted octanol–water partition coefficient (Wildman–Crippen LogP) is 2.93. The van der Waals surface area contributed by atoms with Gasteiger partial charge in [0.2, 0.25) is 0 Å². The molecule has 2 N–H and O–H groups in total. The average Bonchev–Trinajstić information content (AvgIpc) is 2.70. The maximum atomic E-state index is 5.48. The maximum absolute atomic E-state index is 5.48. The second-order valence-corrected chi connectivity index (χ2v) is 8.50. The lowest BCUT2D eigenvalue weighted by atomic mass is 10.0. The number of nitrogens with one attached hydrogen (secondary N) is 2. The molecule has 0 saturated carbocycles. The molecule has 0 bridgehead atoms. The molecule has 28 heavy (non-hydrogen) atoms. The summed E-state index contributed by atoms with van der Waals surface area (Å²) in [6.07, 6.45) is 8.04. The molecule has 0 aromatic heterocycles. The predicted molar refractivity (Wildman–Crippen MR) is 130 cm³/mol. The molecular weight excluding hydrogens is 465 g/mol. The Hall–Kier alpha value is -0.120. The fourth-order valence-corrected chi connectivity index (χ4v) is 3.91. The summed E-state index contributed by atoms with van der Waals surface area (Å²) >= 11 is 0. The van der Waals surface area contributed by atoms with Crippen molar-refractivity contribution in [3.63, 3.8) is 0 Å². The van der Waals surface area contributed by atoms with Crippen LogP contribution in [0.15, 0.2) is 4.99 Å². The molecule has 0 aliphatic carbocycles. The van der Waals surface area contributed by atoms with Crippen LogP contribution in [0.2, 0.25) is 0 Å². The average molecular weight is 510 g/mol. The van der Waals surface area contributed by atoms with Gasteiger partial charge in [0, 0.05) is 31.7 Å². The van der Waals surface area contributed by atoms with Gasteiger partial charge >= 0.3 is 0 Å². The first-order chi connectivity index (χ1) is 13.1. The number of morpholine rings is 1. The summed E-state index contributed by atoms with van der Waals surface area (Å²) in [4.78, 5) is 9.98. The Balaban J connectivity index is 0.00000392. The van der Waals surface area contributed by atoms with Gasteiger partial charge in [-0.3, -0.25) is 9.89 Å². The molecule has 7 heteroatoms. The number of rotatable bonds is 10. The van der Waals surface area contributed by atoms with Gasteiger partial charge in [0.1, 0.15) is 0 Å². The number of hydrogen-bond donors (Lipinski definition) is 2. The molecule has 0 aromatic rings. The Kier molecular flexibility index (Phi) is 13.7. The summed E-state index contributed by atoms with van der Waals surface area (Å²) < 4.78 is 5.48. The second-order valence-electron chi connectivity index (χ2n) is 8.50. The summed E-state index contributed by atoms with van der Waals surface area (Å²) in [5, 5.41) is 6.90. The molecule has 0 amide bonds. The van der Waals surface area contributed by atoms with Gasteiger partial charge in [-0.05, 0) is 66.1 Å². The number of guanidine groups is 1. The fourth-order valence-electron chi connectivity index (χ4n) is 3.91. The van der Waals surface area contributed by atoms with E-state index in [1.54, 1.807) is 0 Å². The maximum Gasteiger partial charge on any atom is 0.191 e. The Bertz CT molecular complexity index is 421. The van der Waals surface area contributed by atoms with Crippen LogP contribution in [0.3, 0.4) is 0 Å². The van der Waals surface area contributed by atoms with Crippen molar-refractivity contribution in [1.82, 2.24) is 20.4 Å². The van der Waals surface area contributed by atoms with Gasteiger partial charge in [-0.15, -0.1) is 24.0 Å². The Labute approximate surface area is 190 Å². The minimum atomic E-state index is 0. The normalized spacial score (nSPS) is 19.9. The van der Waals surface area contributed by atoms with Crippen molar-refractivity contribution in [2.75, 3.05) is 65.6 Å². The summed E-state index contributed by atoms with van der Waals surface area (Å²) in [7, 11) is 0. The quantitative estimate of drug-likeness (QED) is 0.205. The molecule has 2 fully saturated rings. The van der Waals surface area contributed by atoms with E-state index in [4.69, 9.17) is 9.73 Å². The molecule has 0 unspecified atom stereocenters. The summed E-state index contributed by atoms with van der Waals surface area (Å²) in [6, 6.07) is 0. The molecule has 0 radical (unpaired) electrons. The van der Waals surface area contributed by atoms with Gasteiger partial charge in [0.15, 0.2) is 5.96 Å². The van der Waals surface area contributed by atoms with Crippen molar-refractivity contribution in [3.05, 3.63) is 0 Å². The zero-order valence-corrected chi connectivity index (χ0v) is 20.8. The van der Waals surface area contributed by atoms with Crippen LogP contribution in [0.5, 0.6) is 0 Å². The third kappa shape index (κ3) is 10.1. The first kappa shape index (κ1) is 25.9. The molecule has 2 rings (SSSR count). The lowest BCUT2D eigenvalue weighted by Gasteiger charge is -2.39. The van der Waals surface area contributed by atoms with Crippen molar-refractivity contribution in [1.29, 1.82) is 0 Å². The largest absolute Gasteiger partial charge is 0.379 e. The number of hydrogen-bond acceptors (Lipinski definition) is 4. The number of unbranched alkanes of at least 4 members (excludes halogenated alkanes) is 2. The molecule has 0 aromatic carbocycles. The van der Waals surface area contributed by atoms with Crippen molar-refractivity contribution in [2.24, 2.45) is 4.99 Å². The molecule has 166 valence electrons. The van der Waals surface area contributed by atoms with E-state index in [1.165, 1.54) is 58.2 Å². The minimum absolute atomic E-state index is 0. The van der Waals surface area contributed by atoms with E-state index in [9.17, 15) is 0 Å². The van der Waals surface area contributed by atoms with Crippen molar-refractivity contribution in [3.8, 4) is 0 Å². The third-order valence-corrected chi connectivity index (χ3v) is 5.73. The number of aliphatic imine (C=N–C) groups is 1. The highest BCUT2D eigenvalue weighted by Crippen LogP contribution is 2.16. The van der Waals surface area contributed by atoms with E-state index in [0.717, 1.165) is 51.9 Å². The van der Waals surface area contributed by atoms with E-state index < -0.39 is 0 Å². The van der Waals surface area contributed by atoms with E-state index >= 15 is 0 Å². The van der Waals surface area contributed by atoms with E-state index in [1.807, 2.05) is 0 Å². The third-order valence-electron chi connectivity index (χ3n) is 5.73. The zero-order chi connectivity index (χ0) is 19.4. The highest BCUT2D eigenvalue weighted by atomic mass is 127. The Morgan fingerprint density at radius 3 is 2.36 bits per heavy atom. The van der Waals surface area contributed by atoms with Crippen LogP contribution < -0.4 is 10.6 Å². The Morgan fingerprint density at radius 1 is 0.964 bits per heavy atom. The molecule has 2 saturated heterocycles. The number of likely N-dealkylation sites (tertiary alicyclic amines) is 1. The van der Waals surface area contributed by atoms with Gasteiger partial charge in [0.25, 0.3) is 0 Å². The second kappa shape index (κ2) is 14.8. The van der Waals surface area contributed by atoms with Crippen LogP contribution in [0, 0.1) is 0 Å². The van der Waals surface area contributed by atoms with Crippen LogP contribution in [-0.2, 0) is 4.74 Å². The van der Waals surface area contributed by atoms with Crippen LogP contribution in [0.1, 0.15) is 59.3 Å². The zero-order valence-electron chi connectivity index (χ0n) is 18.5. The van der Waals surface area contributed by atoms with Gasteiger partial charge in [0.05, 0.1) is 19.8 Å². The van der Waals surface area contributed by atoms with Crippen LogP contribution in [0.25, 0.3) is 0 Å². The molecule has 6 nitrogen and oxygen atoms in total. The van der Waals surface area contributed by atoms with E-state index in [2.05, 4.69) is 41.2 Å². The van der Waals surface area contributed by atoms with Crippen LogP contribution in [0.4, 0.5) is 0 Å². The molecular formula is C21H44IN5O. The summed E-state index contributed by atoms with van der Waals surface area (Å²) in [6.45, 7) is 17.0. The van der Waals surface area contributed by atoms with Crippen LogP contribution in [-0.4, -0.2) is 86.9 Å². The highest BCUT2D eigenvalue weighted by molar-refractivity contribution is 14.0. The van der Waals surface area contributed by atoms with E-state index in [-0.39, 0.29) is 29.5 Å². The lowest BCUT2D eigenvalue weighted by molar-refractivity contribution is -0.00683. The van der Waals surface area contributed by atoms with Crippen molar-refractivity contribution >= 4 is 29.9 Å². The van der Waals surface area contributed by atoms with Crippen molar-refractivity contribution < 1.29 is 4.74 Å². The topological polar surface area (TPSA) is 52.1 Å². The standard InChI is InChI=1S/C21H43N5O.HI/c1-4-22-20(24-19-21(2,3)26-15-17-27-18-16-26)23-11-7-5-8-12-25-13-9-6-10-14-25;/h4-19H2,1-3H3,(H2,22,23,24);1H. The fraction of sp³-hybridized carbons (Fsp3) is 0.952. The number of piperidine rings is 1. The number of nitrogens with zero attached hydrogens (tertiary/aromatic N) is 3. The summed E-state index contributed by atoms with van der Waals surface area (Å²) in [5.74, 6) is 0.954. The molecule has 2 heterocycles. The lowest BCUT2D eigenvalue weighted by Crippen LogP contribution is -2.52.